The van der Waals surface area contributed by atoms with E-state index in [1.807, 2.05) is 0 Å². The summed E-state index contributed by atoms with van der Waals surface area (Å²) in [4.78, 5) is 11.3. The fourth-order valence-corrected chi connectivity index (χ4v) is 3.02. The Balaban J connectivity index is 2.38. The van der Waals surface area contributed by atoms with Crippen LogP contribution in [0.25, 0.3) is 0 Å². The number of nitrogens with one attached hydrogen (secondary N) is 1. The van der Waals surface area contributed by atoms with Crippen molar-refractivity contribution in [2.75, 3.05) is 4.72 Å². The van der Waals surface area contributed by atoms with Crippen LogP contribution >= 0.6 is 0 Å². The number of aromatic hydroxyl groups is 1. The molecule has 0 amide bonds. The molecule has 110 valence electrons. The number of carbonyl (C=O) groups excluding carboxylic acids is 1. The van der Waals surface area contributed by atoms with Crippen LogP contribution in [0.15, 0.2) is 47.4 Å². The molecule has 2 rings (SSSR count). The zero-order valence-corrected chi connectivity index (χ0v) is 12.4. The zero-order valence-electron chi connectivity index (χ0n) is 11.6. The van der Waals surface area contributed by atoms with Crippen LogP contribution in [0.4, 0.5) is 5.69 Å². The van der Waals surface area contributed by atoms with Gasteiger partial charge in [0.1, 0.15) is 5.75 Å². The summed E-state index contributed by atoms with van der Waals surface area (Å²) in [5.41, 5.74) is 1.31. The number of carbonyl (C=O) groups is 1. The second-order valence-electron chi connectivity index (χ2n) is 4.69. The molecule has 0 saturated carbocycles. The minimum absolute atomic E-state index is 0.0164. The van der Waals surface area contributed by atoms with E-state index in [4.69, 9.17) is 0 Å². The molecule has 2 aromatic carbocycles. The number of anilines is 1. The zero-order chi connectivity index (χ0) is 15.6. The summed E-state index contributed by atoms with van der Waals surface area (Å²) in [5.74, 6) is -0.137. The van der Waals surface area contributed by atoms with Gasteiger partial charge in [-0.2, -0.15) is 0 Å². The van der Waals surface area contributed by atoms with Gasteiger partial charge in [-0.3, -0.25) is 9.52 Å². The number of rotatable bonds is 4. The highest BCUT2D eigenvalue weighted by Crippen LogP contribution is 2.23. The minimum Gasteiger partial charge on any atom is -0.508 e. The number of ketones is 1. The third-order valence-corrected chi connectivity index (χ3v) is 4.37. The maximum Gasteiger partial charge on any atom is 0.261 e. The summed E-state index contributed by atoms with van der Waals surface area (Å²) in [7, 11) is -3.79. The number of phenolic OH excluding ortho intramolecular Hbond substituents is 1. The van der Waals surface area contributed by atoms with Gasteiger partial charge in [0.15, 0.2) is 5.78 Å². The van der Waals surface area contributed by atoms with E-state index in [-0.39, 0.29) is 16.4 Å². The highest BCUT2D eigenvalue weighted by Gasteiger charge is 2.16. The largest absolute Gasteiger partial charge is 0.508 e. The second-order valence-corrected chi connectivity index (χ2v) is 6.37. The lowest BCUT2D eigenvalue weighted by atomic mass is 10.2. The van der Waals surface area contributed by atoms with Crippen molar-refractivity contribution in [3.63, 3.8) is 0 Å². The molecule has 0 heterocycles. The van der Waals surface area contributed by atoms with Crippen molar-refractivity contribution in [1.82, 2.24) is 0 Å². The molecule has 6 heteroatoms. The predicted octanol–water partition coefficient (Wildman–Crippen LogP) is 2.70. The molecule has 21 heavy (non-hydrogen) atoms. The van der Waals surface area contributed by atoms with E-state index in [1.54, 1.807) is 13.0 Å². The van der Waals surface area contributed by atoms with Gasteiger partial charge in [-0.25, -0.2) is 8.42 Å². The Morgan fingerprint density at radius 1 is 1.14 bits per heavy atom. The minimum atomic E-state index is -3.79. The Morgan fingerprint density at radius 2 is 1.86 bits per heavy atom. The highest BCUT2D eigenvalue weighted by atomic mass is 32.2. The molecule has 0 aliphatic rings. The SMILES string of the molecule is CC(=O)c1cccc(S(=O)(=O)Nc2ccc(O)cc2C)c1. The molecule has 0 bridgehead atoms. The molecule has 5 nitrogen and oxygen atoms in total. The van der Waals surface area contributed by atoms with Crippen molar-refractivity contribution in [2.45, 2.75) is 18.7 Å². The highest BCUT2D eigenvalue weighted by molar-refractivity contribution is 7.92. The molecular formula is C15H15NO4S. The maximum absolute atomic E-state index is 12.3. The van der Waals surface area contributed by atoms with Crippen molar-refractivity contribution in [2.24, 2.45) is 0 Å². The van der Waals surface area contributed by atoms with E-state index in [9.17, 15) is 18.3 Å². The molecule has 0 saturated heterocycles. The van der Waals surface area contributed by atoms with Crippen molar-refractivity contribution < 1.29 is 18.3 Å². The van der Waals surface area contributed by atoms with Crippen LogP contribution in [-0.2, 0) is 10.0 Å². The lowest BCUT2D eigenvalue weighted by molar-refractivity contribution is 0.101. The molecule has 0 unspecified atom stereocenters. The Labute approximate surface area is 123 Å². The van der Waals surface area contributed by atoms with Crippen molar-refractivity contribution in [1.29, 1.82) is 0 Å². The average molecular weight is 305 g/mol. The van der Waals surface area contributed by atoms with Crippen LogP contribution in [0.2, 0.25) is 0 Å². The van der Waals surface area contributed by atoms with Crippen LogP contribution in [0.5, 0.6) is 5.75 Å². The number of aryl methyl sites for hydroxylation is 1. The summed E-state index contributed by atoms with van der Waals surface area (Å²) >= 11 is 0. The smallest absolute Gasteiger partial charge is 0.261 e. The van der Waals surface area contributed by atoms with E-state index in [1.165, 1.54) is 43.3 Å². The fourth-order valence-electron chi connectivity index (χ4n) is 1.85. The lowest BCUT2D eigenvalue weighted by Gasteiger charge is -2.11. The maximum atomic E-state index is 12.3. The number of benzene rings is 2. The summed E-state index contributed by atoms with van der Waals surface area (Å²) in [6.45, 7) is 3.06. The Bertz CT molecular complexity index is 797. The number of Topliss-reactive ketones (excluding diaryl/α,β-unsaturated/α-hetero) is 1. The topological polar surface area (TPSA) is 83.5 Å². The molecule has 2 N–H and O–H groups in total. The van der Waals surface area contributed by atoms with Gasteiger partial charge < -0.3 is 5.11 Å². The monoisotopic (exact) mass is 305 g/mol. The van der Waals surface area contributed by atoms with Gasteiger partial charge in [-0.05, 0) is 49.7 Å². The Morgan fingerprint density at radius 3 is 2.48 bits per heavy atom. The van der Waals surface area contributed by atoms with Crippen LogP contribution in [0.1, 0.15) is 22.8 Å². The first kappa shape index (κ1) is 15.1. The van der Waals surface area contributed by atoms with Crippen LogP contribution in [0.3, 0.4) is 0 Å². The van der Waals surface area contributed by atoms with Gasteiger partial charge in [-0.1, -0.05) is 12.1 Å². The Hall–Kier alpha value is -2.34. The van der Waals surface area contributed by atoms with Gasteiger partial charge in [0, 0.05) is 5.56 Å². The number of sulfonamides is 1. The third kappa shape index (κ3) is 3.41. The second kappa shape index (κ2) is 5.57. The van der Waals surface area contributed by atoms with E-state index >= 15 is 0 Å². The van der Waals surface area contributed by atoms with E-state index in [0.717, 1.165) is 0 Å². The number of phenols is 1. The first-order valence-electron chi connectivity index (χ1n) is 6.23. The third-order valence-electron chi connectivity index (χ3n) is 3.01. The molecular weight excluding hydrogens is 290 g/mol. The molecule has 0 aromatic heterocycles. The molecule has 0 aliphatic heterocycles. The van der Waals surface area contributed by atoms with E-state index in [2.05, 4.69) is 4.72 Å². The predicted molar refractivity (Wildman–Crippen MR) is 80.1 cm³/mol. The van der Waals surface area contributed by atoms with Gasteiger partial charge in [-0.15, -0.1) is 0 Å². The van der Waals surface area contributed by atoms with Crippen LogP contribution in [-0.4, -0.2) is 19.3 Å². The summed E-state index contributed by atoms with van der Waals surface area (Å²) in [5, 5.41) is 9.34. The van der Waals surface area contributed by atoms with E-state index in [0.29, 0.717) is 16.8 Å². The molecule has 2 aromatic rings. The Kier molecular flexibility index (Phi) is 3.99. The summed E-state index contributed by atoms with van der Waals surface area (Å²) in [6, 6.07) is 10.2. The number of hydrogen-bond acceptors (Lipinski definition) is 4. The fraction of sp³-hybridized carbons (Fsp3) is 0.133. The van der Waals surface area contributed by atoms with Gasteiger partial charge in [0.05, 0.1) is 10.6 Å². The van der Waals surface area contributed by atoms with Gasteiger partial charge in [0.2, 0.25) is 0 Å². The normalized spacial score (nSPS) is 11.1. The first-order valence-corrected chi connectivity index (χ1v) is 7.71. The van der Waals surface area contributed by atoms with Crippen molar-refractivity contribution >= 4 is 21.5 Å². The molecule has 0 aliphatic carbocycles. The summed E-state index contributed by atoms with van der Waals surface area (Å²) < 4.78 is 27.1. The number of hydrogen-bond donors (Lipinski definition) is 2. The van der Waals surface area contributed by atoms with E-state index < -0.39 is 10.0 Å². The first-order chi connectivity index (χ1) is 9.79. The van der Waals surface area contributed by atoms with Gasteiger partial charge in [0.25, 0.3) is 10.0 Å². The average Bonchev–Trinajstić information content (AvgIpc) is 2.42. The summed E-state index contributed by atoms with van der Waals surface area (Å²) in [6.07, 6.45) is 0. The van der Waals surface area contributed by atoms with Crippen LogP contribution in [0, 0.1) is 6.92 Å². The molecule has 0 atom stereocenters. The molecule has 0 spiro atoms. The lowest BCUT2D eigenvalue weighted by Crippen LogP contribution is -2.14. The molecule has 0 radical (unpaired) electrons. The quantitative estimate of drug-likeness (QED) is 0.672. The van der Waals surface area contributed by atoms with Crippen LogP contribution < -0.4 is 4.72 Å². The molecule has 0 fully saturated rings. The van der Waals surface area contributed by atoms with Gasteiger partial charge >= 0.3 is 0 Å². The van der Waals surface area contributed by atoms with Crippen molar-refractivity contribution in [3.8, 4) is 5.75 Å². The van der Waals surface area contributed by atoms with Crippen molar-refractivity contribution in [3.05, 3.63) is 53.6 Å². The standard InChI is InChI=1S/C15H15NO4S/c1-10-8-13(18)6-7-15(10)16-21(19,20)14-5-3-4-12(9-14)11(2)17/h3-9,16,18H,1-2H3.